The molecular formula is C8H20Cl2N2Zr. The Labute approximate surface area is 102 Å². The third kappa shape index (κ3) is 59.8. The normalized spacial score (nSPS) is 7.69. The van der Waals surface area contributed by atoms with Gasteiger partial charge >= 0.3 is 37.9 Å². The molecule has 0 aliphatic rings. The number of nitrogens with one attached hydrogen (secondary N) is 1. The van der Waals surface area contributed by atoms with Gasteiger partial charge in [0.25, 0.3) is 0 Å². The molecule has 0 aromatic heterocycles. The zero-order valence-electron chi connectivity index (χ0n) is 8.90. The fourth-order valence-electron chi connectivity index (χ4n) is 0.224. The molecule has 0 saturated carbocycles. The van der Waals surface area contributed by atoms with Gasteiger partial charge in [-0.3, -0.25) is 0 Å². The summed E-state index contributed by atoms with van der Waals surface area (Å²) in [5.74, 6) is 0.551. The average molecular weight is 306 g/mol. The van der Waals surface area contributed by atoms with Crippen LogP contribution in [-0.2, 0) is 20.8 Å². The van der Waals surface area contributed by atoms with Crippen molar-refractivity contribution in [3.8, 4) is 0 Å². The van der Waals surface area contributed by atoms with E-state index in [9.17, 15) is 0 Å². The molecule has 0 aliphatic carbocycles. The van der Waals surface area contributed by atoms with Crippen LogP contribution in [0.15, 0.2) is 0 Å². The zero-order valence-corrected chi connectivity index (χ0v) is 12.9. The molecule has 0 fully saturated rings. The molecule has 0 bridgehead atoms. The molecule has 0 aromatic rings. The number of rotatable bonds is 3. The molecule has 1 N–H and O–H groups in total. The van der Waals surface area contributed by atoms with Crippen LogP contribution in [0.4, 0.5) is 0 Å². The Morgan fingerprint density at radius 3 is 1.46 bits per heavy atom. The molecule has 5 heteroatoms. The maximum absolute atomic E-state index is 6.66. The molecule has 0 saturated heterocycles. The first-order valence-corrected chi connectivity index (χ1v) is 10.7. The van der Waals surface area contributed by atoms with Gasteiger partial charge in [-0.2, -0.15) is 13.1 Å². The summed E-state index contributed by atoms with van der Waals surface area (Å²) >= 11 is -0.826. The number of hydrogen-bond acceptors (Lipinski definition) is 0. The van der Waals surface area contributed by atoms with Gasteiger partial charge in [0, 0.05) is 0 Å². The molecule has 2 nitrogen and oxygen atoms in total. The quantitative estimate of drug-likeness (QED) is 0.738. The van der Waals surface area contributed by atoms with Crippen LogP contribution in [0.5, 0.6) is 0 Å². The summed E-state index contributed by atoms with van der Waals surface area (Å²) in [5.41, 5.74) is 6.66. The molecule has 80 valence electrons. The van der Waals surface area contributed by atoms with Crippen molar-refractivity contribution < 1.29 is 20.8 Å². The van der Waals surface area contributed by atoms with Crippen LogP contribution < -0.4 is 0 Å². The summed E-state index contributed by atoms with van der Waals surface area (Å²) in [6, 6.07) is 0. The Morgan fingerprint density at radius 1 is 1.23 bits per heavy atom. The van der Waals surface area contributed by atoms with Crippen LogP contribution in [0, 0.1) is 5.92 Å². The second kappa shape index (κ2) is 23.3. The standard InChI is InChI=1S/2C4H10N.2ClH.Zr/c1-4(2)3-5;1-3-5-4-2;;;/h4-5H,3H2,1-2H3;3-4H2,1-2H3;2*1H;/q2*-1;;;+4/p-2. The fraction of sp³-hybridized carbons (Fsp3) is 1.00. The van der Waals surface area contributed by atoms with Crippen LogP contribution >= 0.6 is 17.0 Å². The van der Waals surface area contributed by atoms with Crippen LogP contribution in [0.1, 0.15) is 27.7 Å². The molecule has 0 aliphatic heterocycles. The van der Waals surface area contributed by atoms with E-state index < -0.39 is 20.8 Å². The second-order valence-corrected chi connectivity index (χ2v) is 6.26. The van der Waals surface area contributed by atoms with Crippen molar-refractivity contribution >= 4 is 17.0 Å². The van der Waals surface area contributed by atoms with Gasteiger partial charge in [-0.25, -0.2) is 0 Å². The average Bonchev–Trinajstić information content (AvgIpc) is 2.08. The van der Waals surface area contributed by atoms with E-state index in [1.807, 2.05) is 27.7 Å². The third-order valence-electron chi connectivity index (χ3n) is 0.855. The predicted molar refractivity (Wildman–Crippen MR) is 60.2 cm³/mol. The summed E-state index contributed by atoms with van der Waals surface area (Å²) in [7, 11) is 9.87. The minimum absolute atomic E-state index is 0.551. The molecule has 0 heterocycles. The van der Waals surface area contributed by atoms with E-state index >= 15 is 0 Å². The van der Waals surface area contributed by atoms with Crippen molar-refractivity contribution in [1.29, 1.82) is 0 Å². The molecule has 0 rings (SSSR count). The van der Waals surface area contributed by atoms with Crippen LogP contribution in [0.25, 0.3) is 11.1 Å². The first kappa shape index (κ1) is 19.9. The molecule has 0 unspecified atom stereocenters. The van der Waals surface area contributed by atoms with Crippen molar-refractivity contribution in [2.24, 2.45) is 5.92 Å². The zero-order chi connectivity index (χ0) is 11.1. The summed E-state index contributed by atoms with van der Waals surface area (Å²) in [6.07, 6.45) is 0. The van der Waals surface area contributed by atoms with Crippen molar-refractivity contribution in [3.63, 3.8) is 0 Å². The van der Waals surface area contributed by atoms with Gasteiger partial charge in [0.2, 0.25) is 0 Å². The van der Waals surface area contributed by atoms with Gasteiger partial charge in [0.1, 0.15) is 0 Å². The maximum atomic E-state index is 6.66. The Balaban J connectivity index is -0.000000120. The molecule has 0 amide bonds. The van der Waals surface area contributed by atoms with Gasteiger partial charge < -0.3 is 11.1 Å². The number of hydrogen-bond donors (Lipinski definition) is 0. The molecular weight excluding hydrogens is 286 g/mol. The van der Waals surface area contributed by atoms with Crippen molar-refractivity contribution in [1.82, 2.24) is 0 Å². The summed E-state index contributed by atoms with van der Waals surface area (Å²) in [6.45, 7) is 10.7. The summed E-state index contributed by atoms with van der Waals surface area (Å²) in [4.78, 5) is 0. The van der Waals surface area contributed by atoms with E-state index in [0.717, 1.165) is 13.1 Å². The van der Waals surface area contributed by atoms with E-state index in [0.29, 0.717) is 12.5 Å². The summed E-state index contributed by atoms with van der Waals surface area (Å²) in [5, 5.41) is 3.97. The predicted octanol–water partition coefficient (Wildman–Crippen LogP) is 4.47. The Kier molecular flexibility index (Phi) is 35.6. The Bertz CT molecular complexity index is 64.1. The van der Waals surface area contributed by atoms with Gasteiger partial charge in [-0.1, -0.05) is 33.6 Å². The monoisotopic (exact) mass is 304 g/mol. The van der Waals surface area contributed by atoms with Gasteiger partial charge in [0.05, 0.1) is 0 Å². The minimum atomic E-state index is -0.826. The van der Waals surface area contributed by atoms with Crippen LogP contribution in [0.2, 0.25) is 0 Å². The molecule has 13 heavy (non-hydrogen) atoms. The third-order valence-corrected chi connectivity index (χ3v) is 0.855. The Hall–Kier alpha value is 1.38. The Morgan fingerprint density at radius 2 is 1.46 bits per heavy atom. The molecule has 0 atom stereocenters. The van der Waals surface area contributed by atoms with Crippen molar-refractivity contribution in [3.05, 3.63) is 11.1 Å². The first-order valence-electron chi connectivity index (χ1n) is 4.34. The fourth-order valence-corrected chi connectivity index (χ4v) is 0.224. The van der Waals surface area contributed by atoms with E-state index in [-0.39, 0.29) is 0 Å². The molecule has 0 radical (unpaired) electrons. The van der Waals surface area contributed by atoms with Crippen molar-refractivity contribution in [2.75, 3.05) is 19.6 Å². The van der Waals surface area contributed by atoms with E-state index in [4.69, 9.17) is 22.8 Å². The van der Waals surface area contributed by atoms with E-state index in [1.165, 1.54) is 0 Å². The molecule has 0 spiro atoms. The van der Waals surface area contributed by atoms with Gasteiger partial charge in [-0.05, 0) is 0 Å². The second-order valence-electron chi connectivity index (χ2n) is 2.53. The van der Waals surface area contributed by atoms with E-state index in [2.05, 4.69) is 5.32 Å². The summed E-state index contributed by atoms with van der Waals surface area (Å²) < 4.78 is 0. The molecule has 0 aromatic carbocycles. The van der Waals surface area contributed by atoms with Crippen LogP contribution in [-0.4, -0.2) is 19.6 Å². The topological polar surface area (TPSA) is 37.9 Å². The van der Waals surface area contributed by atoms with Crippen molar-refractivity contribution in [2.45, 2.75) is 27.7 Å². The first-order chi connectivity index (χ1) is 6.10. The number of halogens is 2. The number of nitrogens with zero attached hydrogens (tertiary/aromatic N) is 1. The van der Waals surface area contributed by atoms with Gasteiger partial charge in [0.15, 0.2) is 0 Å². The SMILES string of the molecule is CC(C)C[NH-].CC[N-]CC.[Cl][Zr+2][Cl]. The van der Waals surface area contributed by atoms with E-state index in [1.54, 1.807) is 0 Å². The van der Waals surface area contributed by atoms with Crippen LogP contribution in [0.3, 0.4) is 0 Å². The van der Waals surface area contributed by atoms with Gasteiger partial charge in [-0.15, -0.1) is 6.54 Å².